The summed E-state index contributed by atoms with van der Waals surface area (Å²) < 4.78 is 0.744. The van der Waals surface area contributed by atoms with Gasteiger partial charge in [0, 0.05) is 11.0 Å². The highest BCUT2D eigenvalue weighted by Crippen LogP contribution is 2.30. The van der Waals surface area contributed by atoms with E-state index in [9.17, 15) is 4.79 Å². The largest absolute Gasteiger partial charge is 0.320 e. The van der Waals surface area contributed by atoms with Crippen LogP contribution in [0, 0.1) is 11.3 Å². The van der Waals surface area contributed by atoms with Crippen molar-refractivity contribution in [1.29, 1.82) is 5.26 Å². The summed E-state index contributed by atoms with van der Waals surface area (Å²) in [6, 6.07) is 6.80. The summed E-state index contributed by atoms with van der Waals surface area (Å²) in [4.78, 5) is 13.4. The van der Waals surface area contributed by atoms with E-state index in [-0.39, 0.29) is 5.91 Å². The van der Waals surface area contributed by atoms with Crippen molar-refractivity contribution in [3.8, 4) is 6.07 Å². The van der Waals surface area contributed by atoms with E-state index in [1.54, 1.807) is 23.1 Å². The molecule has 1 aliphatic heterocycles. The van der Waals surface area contributed by atoms with Gasteiger partial charge in [-0.15, -0.1) is 0 Å². The molecule has 1 atom stereocenters. The average molecular weight is 280 g/mol. The van der Waals surface area contributed by atoms with Crippen LogP contribution in [0.1, 0.15) is 12.0 Å². The van der Waals surface area contributed by atoms with Crippen LogP contribution < -0.4 is 10.6 Å². The number of hydrogen-bond donors (Lipinski definition) is 1. The van der Waals surface area contributed by atoms with Crippen molar-refractivity contribution in [1.82, 2.24) is 0 Å². The second-order valence-corrected chi connectivity index (χ2v) is 4.52. The molecule has 1 aromatic rings. The average Bonchev–Trinajstić information content (AvgIpc) is 2.60. The maximum absolute atomic E-state index is 11.7. The van der Waals surface area contributed by atoms with E-state index in [4.69, 9.17) is 11.0 Å². The fourth-order valence-corrected chi connectivity index (χ4v) is 2.33. The molecule has 2 rings (SSSR count). The van der Waals surface area contributed by atoms with Crippen LogP contribution in [0.3, 0.4) is 0 Å². The van der Waals surface area contributed by atoms with E-state index in [2.05, 4.69) is 15.9 Å². The number of benzene rings is 1. The molecular formula is C11H10BrN3O. The summed E-state index contributed by atoms with van der Waals surface area (Å²) in [7, 11) is 0. The number of anilines is 1. The monoisotopic (exact) mass is 279 g/mol. The Morgan fingerprint density at radius 1 is 1.56 bits per heavy atom. The molecule has 1 heterocycles. The van der Waals surface area contributed by atoms with Crippen LogP contribution in [0.15, 0.2) is 22.7 Å². The van der Waals surface area contributed by atoms with Crippen LogP contribution in [-0.2, 0) is 4.79 Å². The van der Waals surface area contributed by atoms with Crippen LogP contribution in [0.2, 0.25) is 0 Å². The minimum atomic E-state index is -0.400. The lowest BCUT2D eigenvalue weighted by Gasteiger charge is -2.17. The lowest BCUT2D eigenvalue weighted by molar-refractivity contribution is -0.118. The number of hydrogen-bond acceptors (Lipinski definition) is 3. The van der Waals surface area contributed by atoms with Crippen molar-refractivity contribution in [3.05, 3.63) is 28.2 Å². The van der Waals surface area contributed by atoms with Crippen molar-refractivity contribution < 1.29 is 4.79 Å². The van der Waals surface area contributed by atoms with E-state index in [1.165, 1.54) is 0 Å². The molecule has 5 heteroatoms. The third-order valence-corrected chi connectivity index (χ3v) is 3.25. The van der Waals surface area contributed by atoms with E-state index in [0.717, 1.165) is 10.2 Å². The first-order chi connectivity index (χ1) is 7.63. The summed E-state index contributed by atoms with van der Waals surface area (Å²) in [5.74, 6) is -0.0644. The smallest absolute Gasteiger partial charge is 0.243 e. The van der Waals surface area contributed by atoms with Gasteiger partial charge in [0.15, 0.2) is 0 Å². The predicted octanol–water partition coefficient (Wildman–Crippen LogP) is 1.38. The van der Waals surface area contributed by atoms with Crippen LogP contribution >= 0.6 is 15.9 Å². The Kier molecular flexibility index (Phi) is 2.95. The second kappa shape index (κ2) is 4.24. The topological polar surface area (TPSA) is 70.1 Å². The maximum atomic E-state index is 11.7. The number of carbonyl (C=O) groups excluding carboxylic acids is 1. The normalized spacial score (nSPS) is 19.9. The van der Waals surface area contributed by atoms with E-state index in [1.807, 2.05) is 6.07 Å². The zero-order chi connectivity index (χ0) is 11.7. The van der Waals surface area contributed by atoms with Gasteiger partial charge in [-0.2, -0.15) is 5.26 Å². The molecule has 0 radical (unpaired) electrons. The summed E-state index contributed by atoms with van der Waals surface area (Å²) in [5, 5.41) is 8.74. The minimum absolute atomic E-state index is 0.0644. The maximum Gasteiger partial charge on any atom is 0.243 e. The van der Waals surface area contributed by atoms with E-state index < -0.39 is 6.04 Å². The highest BCUT2D eigenvalue weighted by Gasteiger charge is 2.30. The zero-order valence-corrected chi connectivity index (χ0v) is 10.1. The SMILES string of the molecule is N#Cc1ccc(N2CCC(N)C2=O)c(Br)c1. The Morgan fingerprint density at radius 3 is 2.81 bits per heavy atom. The van der Waals surface area contributed by atoms with Crippen molar-refractivity contribution >= 4 is 27.5 Å². The third-order valence-electron chi connectivity index (χ3n) is 2.61. The Morgan fingerprint density at radius 2 is 2.31 bits per heavy atom. The summed E-state index contributed by atoms with van der Waals surface area (Å²) >= 11 is 3.36. The number of nitrogens with two attached hydrogens (primary N) is 1. The van der Waals surface area contributed by atoms with Gasteiger partial charge in [-0.25, -0.2) is 0 Å². The summed E-state index contributed by atoms with van der Waals surface area (Å²) in [6.07, 6.45) is 0.672. The first-order valence-corrected chi connectivity index (χ1v) is 5.69. The molecular weight excluding hydrogens is 270 g/mol. The van der Waals surface area contributed by atoms with Crippen molar-refractivity contribution in [2.75, 3.05) is 11.4 Å². The lowest BCUT2D eigenvalue weighted by Crippen LogP contribution is -2.34. The number of rotatable bonds is 1. The zero-order valence-electron chi connectivity index (χ0n) is 8.48. The molecule has 0 aromatic heterocycles. The Hall–Kier alpha value is -1.38. The first-order valence-electron chi connectivity index (χ1n) is 4.90. The number of halogens is 1. The summed E-state index contributed by atoms with van der Waals surface area (Å²) in [6.45, 7) is 0.629. The van der Waals surface area contributed by atoms with Crippen LogP contribution in [0.25, 0.3) is 0 Å². The van der Waals surface area contributed by atoms with E-state index >= 15 is 0 Å². The fourth-order valence-electron chi connectivity index (χ4n) is 1.74. The fraction of sp³-hybridized carbons (Fsp3) is 0.273. The van der Waals surface area contributed by atoms with Crippen molar-refractivity contribution in [2.45, 2.75) is 12.5 Å². The highest BCUT2D eigenvalue weighted by molar-refractivity contribution is 9.10. The highest BCUT2D eigenvalue weighted by atomic mass is 79.9. The number of nitriles is 1. The van der Waals surface area contributed by atoms with E-state index in [0.29, 0.717) is 18.5 Å². The van der Waals surface area contributed by atoms with Crippen molar-refractivity contribution in [2.24, 2.45) is 5.73 Å². The van der Waals surface area contributed by atoms with Crippen LogP contribution in [0.4, 0.5) is 5.69 Å². The van der Waals surface area contributed by atoms with Gasteiger partial charge in [-0.05, 0) is 40.5 Å². The van der Waals surface area contributed by atoms with Gasteiger partial charge in [0.2, 0.25) is 5.91 Å². The molecule has 0 saturated carbocycles. The second-order valence-electron chi connectivity index (χ2n) is 3.66. The molecule has 1 saturated heterocycles. The Labute approximate surface area is 102 Å². The Balaban J connectivity index is 2.35. The molecule has 4 nitrogen and oxygen atoms in total. The lowest BCUT2D eigenvalue weighted by atomic mass is 10.2. The van der Waals surface area contributed by atoms with Gasteiger partial charge in [0.25, 0.3) is 0 Å². The molecule has 1 fully saturated rings. The molecule has 1 unspecified atom stereocenters. The van der Waals surface area contributed by atoms with Gasteiger partial charge < -0.3 is 10.6 Å². The Bertz CT molecular complexity index is 481. The van der Waals surface area contributed by atoms with Crippen LogP contribution in [-0.4, -0.2) is 18.5 Å². The van der Waals surface area contributed by atoms with Crippen LogP contribution in [0.5, 0.6) is 0 Å². The van der Waals surface area contributed by atoms with Gasteiger partial charge in [0.05, 0.1) is 23.4 Å². The first kappa shape index (κ1) is 11.1. The number of nitrogens with zero attached hydrogens (tertiary/aromatic N) is 2. The molecule has 0 bridgehead atoms. The molecule has 2 N–H and O–H groups in total. The molecule has 82 valence electrons. The molecule has 1 amide bonds. The van der Waals surface area contributed by atoms with Gasteiger partial charge >= 0.3 is 0 Å². The standard InChI is InChI=1S/C11H10BrN3O/c12-8-5-7(6-13)1-2-10(8)15-4-3-9(14)11(15)16/h1-2,5,9H,3-4,14H2. The predicted molar refractivity (Wildman–Crippen MR) is 63.8 cm³/mol. The number of amides is 1. The van der Waals surface area contributed by atoms with Gasteiger partial charge in [0.1, 0.15) is 0 Å². The summed E-state index contributed by atoms with van der Waals surface area (Å²) in [5.41, 5.74) is 6.99. The molecule has 16 heavy (non-hydrogen) atoms. The number of carbonyl (C=O) groups is 1. The third kappa shape index (κ3) is 1.82. The van der Waals surface area contributed by atoms with Gasteiger partial charge in [-0.1, -0.05) is 0 Å². The molecule has 1 aromatic carbocycles. The van der Waals surface area contributed by atoms with Crippen molar-refractivity contribution in [3.63, 3.8) is 0 Å². The molecule has 1 aliphatic rings. The van der Waals surface area contributed by atoms with Gasteiger partial charge in [-0.3, -0.25) is 4.79 Å². The molecule has 0 spiro atoms. The molecule has 0 aliphatic carbocycles. The quantitative estimate of drug-likeness (QED) is 0.845. The minimum Gasteiger partial charge on any atom is -0.320 e.